The lowest BCUT2D eigenvalue weighted by atomic mass is 10.1. The van der Waals surface area contributed by atoms with Crippen molar-refractivity contribution in [3.8, 4) is 0 Å². The third-order valence-electron chi connectivity index (χ3n) is 1.85. The van der Waals surface area contributed by atoms with Gasteiger partial charge in [0, 0.05) is 0 Å². The van der Waals surface area contributed by atoms with Crippen molar-refractivity contribution in [1.82, 2.24) is 0 Å². The zero-order valence-corrected chi connectivity index (χ0v) is 7.86. The van der Waals surface area contributed by atoms with Crippen LogP contribution in [0.25, 0.3) is 5.76 Å². The number of methoxy groups -OCH3 is 1. The highest BCUT2D eigenvalue weighted by Gasteiger charge is 2.35. The first-order chi connectivity index (χ1) is 6.88. The van der Waals surface area contributed by atoms with Gasteiger partial charge in [-0.1, -0.05) is 12.6 Å². The summed E-state index contributed by atoms with van der Waals surface area (Å²) in [7, 11) is 1.21. The summed E-state index contributed by atoms with van der Waals surface area (Å²) in [5, 5.41) is 0. The fourth-order valence-corrected chi connectivity index (χ4v) is 1.08. The van der Waals surface area contributed by atoms with Crippen molar-refractivity contribution in [2.24, 2.45) is 0 Å². The average Bonchev–Trinajstić information content (AvgIpc) is 2.15. The summed E-state index contributed by atoms with van der Waals surface area (Å²) in [5.74, 6) is -1.50. The third kappa shape index (κ3) is 2.29. The Morgan fingerprint density at radius 2 is 1.93 bits per heavy atom. The predicted molar refractivity (Wildman–Crippen MR) is 47.4 cm³/mol. The van der Waals surface area contributed by atoms with Crippen molar-refractivity contribution in [1.29, 1.82) is 0 Å². The van der Waals surface area contributed by atoms with E-state index >= 15 is 0 Å². The van der Waals surface area contributed by atoms with Crippen LogP contribution >= 0.6 is 0 Å². The highest BCUT2D eigenvalue weighted by molar-refractivity contribution is 5.59. The predicted octanol–water partition coefficient (Wildman–Crippen LogP) is 3.46. The molecular formula is C10H8F4O. The lowest BCUT2D eigenvalue weighted by molar-refractivity contribution is -0.140. The number of alkyl halides is 3. The van der Waals surface area contributed by atoms with Crippen molar-refractivity contribution in [2.45, 2.75) is 6.18 Å². The number of ether oxygens (including phenoxy) is 1. The van der Waals surface area contributed by atoms with Gasteiger partial charge in [-0.25, -0.2) is 4.39 Å². The molecule has 0 heterocycles. The molecule has 0 saturated carbocycles. The highest BCUT2D eigenvalue weighted by atomic mass is 19.4. The third-order valence-corrected chi connectivity index (χ3v) is 1.85. The highest BCUT2D eigenvalue weighted by Crippen LogP contribution is 2.33. The number of benzene rings is 1. The van der Waals surface area contributed by atoms with Gasteiger partial charge in [0.2, 0.25) is 0 Å². The molecule has 0 aliphatic carbocycles. The van der Waals surface area contributed by atoms with E-state index in [1.165, 1.54) is 13.2 Å². The summed E-state index contributed by atoms with van der Waals surface area (Å²) in [4.78, 5) is 0. The Labute approximate surface area is 84.0 Å². The smallest absolute Gasteiger partial charge is 0.419 e. The van der Waals surface area contributed by atoms with Crippen LogP contribution < -0.4 is 0 Å². The molecule has 1 rings (SSSR count). The lowest BCUT2D eigenvalue weighted by Gasteiger charge is -2.11. The van der Waals surface area contributed by atoms with E-state index in [0.717, 1.165) is 6.07 Å². The Kier molecular flexibility index (Phi) is 3.02. The topological polar surface area (TPSA) is 9.23 Å². The van der Waals surface area contributed by atoms with Gasteiger partial charge >= 0.3 is 6.18 Å². The van der Waals surface area contributed by atoms with Crippen LogP contribution in [0.2, 0.25) is 0 Å². The summed E-state index contributed by atoms with van der Waals surface area (Å²) < 4.78 is 54.8. The minimum Gasteiger partial charge on any atom is -0.497 e. The largest absolute Gasteiger partial charge is 0.497 e. The van der Waals surface area contributed by atoms with Gasteiger partial charge in [0.15, 0.2) is 0 Å². The molecule has 0 amide bonds. The van der Waals surface area contributed by atoms with Gasteiger partial charge in [-0.2, -0.15) is 13.2 Å². The van der Waals surface area contributed by atoms with E-state index in [1.807, 2.05) is 0 Å². The first-order valence-corrected chi connectivity index (χ1v) is 3.97. The summed E-state index contributed by atoms with van der Waals surface area (Å²) in [6.45, 7) is 3.30. The van der Waals surface area contributed by atoms with Gasteiger partial charge < -0.3 is 4.74 Å². The van der Waals surface area contributed by atoms with Gasteiger partial charge in [0.1, 0.15) is 11.6 Å². The number of hydrogen-bond acceptors (Lipinski definition) is 1. The number of rotatable bonds is 2. The maximum absolute atomic E-state index is 13.3. The van der Waals surface area contributed by atoms with Crippen LogP contribution in [0.1, 0.15) is 11.1 Å². The summed E-state index contributed by atoms with van der Waals surface area (Å²) in [5.41, 5.74) is -1.61. The van der Waals surface area contributed by atoms with E-state index < -0.39 is 17.6 Å². The van der Waals surface area contributed by atoms with Crippen molar-refractivity contribution in [3.63, 3.8) is 0 Å². The molecule has 0 bridgehead atoms. The molecule has 1 aromatic carbocycles. The molecule has 0 aliphatic heterocycles. The molecule has 0 spiro atoms. The van der Waals surface area contributed by atoms with Crippen molar-refractivity contribution in [2.75, 3.05) is 7.11 Å². The zero-order chi connectivity index (χ0) is 11.6. The molecule has 15 heavy (non-hydrogen) atoms. The normalized spacial score (nSPS) is 11.3. The lowest BCUT2D eigenvalue weighted by Crippen LogP contribution is -2.09. The molecule has 1 aromatic rings. The van der Waals surface area contributed by atoms with Gasteiger partial charge in [0.05, 0.1) is 18.2 Å². The Morgan fingerprint density at radius 3 is 2.40 bits per heavy atom. The van der Waals surface area contributed by atoms with Gasteiger partial charge in [-0.05, 0) is 12.1 Å². The minimum atomic E-state index is -4.71. The molecule has 5 heteroatoms. The molecule has 0 unspecified atom stereocenters. The zero-order valence-electron chi connectivity index (χ0n) is 7.86. The monoisotopic (exact) mass is 220 g/mol. The van der Waals surface area contributed by atoms with Crippen LogP contribution in [0, 0.1) is 5.82 Å². The molecule has 82 valence electrons. The Hall–Kier alpha value is -1.52. The molecule has 0 radical (unpaired) electrons. The first kappa shape index (κ1) is 11.6. The minimum absolute atomic E-state index is 0.140. The molecule has 0 aliphatic rings. The standard InChI is InChI=1S/C10H8F4O/c1-6(15-2)7-4-3-5-8(9(7)11)10(12,13)14/h3-5H,1H2,2H3. The quantitative estimate of drug-likeness (QED) is 0.547. The average molecular weight is 220 g/mol. The molecule has 1 nitrogen and oxygen atoms in total. The van der Waals surface area contributed by atoms with Crippen LogP contribution in [0.4, 0.5) is 17.6 Å². The number of hydrogen-bond donors (Lipinski definition) is 0. The SMILES string of the molecule is C=C(OC)c1cccc(C(F)(F)F)c1F. The van der Waals surface area contributed by atoms with Crippen LogP contribution in [0.5, 0.6) is 0 Å². The molecule has 0 aromatic heterocycles. The fourth-order valence-electron chi connectivity index (χ4n) is 1.08. The first-order valence-electron chi connectivity index (χ1n) is 3.97. The molecule has 0 N–H and O–H groups in total. The van der Waals surface area contributed by atoms with Crippen LogP contribution in [-0.2, 0) is 10.9 Å². The van der Waals surface area contributed by atoms with Crippen LogP contribution in [0.15, 0.2) is 24.8 Å². The summed E-state index contributed by atoms with van der Waals surface area (Å²) >= 11 is 0. The molecule has 0 fully saturated rings. The Bertz CT molecular complexity index is 381. The van der Waals surface area contributed by atoms with Crippen LogP contribution in [-0.4, -0.2) is 7.11 Å². The maximum atomic E-state index is 13.3. The molecule has 0 atom stereocenters. The van der Waals surface area contributed by atoms with E-state index in [-0.39, 0.29) is 11.3 Å². The maximum Gasteiger partial charge on any atom is 0.419 e. The van der Waals surface area contributed by atoms with E-state index in [9.17, 15) is 17.6 Å². The van der Waals surface area contributed by atoms with E-state index in [0.29, 0.717) is 6.07 Å². The summed E-state index contributed by atoms with van der Waals surface area (Å²) in [6, 6.07) is 2.95. The number of halogens is 4. The Morgan fingerprint density at radius 1 is 1.33 bits per heavy atom. The van der Waals surface area contributed by atoms with Crippen molar-refractivity contribution < 1.29 is 22.3 Å². The van der Waals surface area contributed by atoms with E-state index in [4.69, 9.17) is 0 Å². The van der Waals surface area contributed by atoms with Crippen LogP contribution in [0.3, 0.4) is 0 Å². The van der Waals surface area contributed by atoms with Gasteiger partial charge in [-0.15, -0.1) is 0 Å². The van der Waals surface area contributed by atoms with Gasteiger partial charge in [0.25, 0.3) is 0 Å². The van der Waals surface area contributed by atoms with Crippen molar-refractivity contribution >= 4 is 5.76 Å². The Balaban J connectivity index is 3.30. The van der Waals surface area contributed by atoms with Gasteiger partial charge in [-0.3, -0.25) is 0 Å². The van der Waals surface area contributed by atoms with E-state index in [2.05, 4.69) is 11.3 Å². The molecule has 0 saturated heterocycles. The second kappa shape index (κ2) is 3.92. The fraction of sp³-hybridized carbons (Fsp3) is 0.200. The van der Waals surface area contributed by atoms with E-state index in [1.54, 1.807) is 0 Å². The van der Waals surface area contributed by atoms with Crippen molar-refractivity contribution in [3.05, 3.63) is 41.7 Å². The second-order valence-corrected chi connectivity index (χ2v) is 2.79. The summed E-state index contributed by atoms with van der Waals surface area (Å²) in [6.07, 6.45) is -4.71. The second-order valence-electron chi connectivity index (χ2n) is 2.79. The molecular weight excluding hydrogens is 212 g/mol.